The minimum absolute atomic E-state index is 0.0458. The topological polar surface area (TPSA) is 78.9 Å². The number of likely N-dealkylation sites (tertiary alicyclic amines) is 1. The Morgan fingerprint density at radius 2 is 2.30 bits per heavy atom. The molecule has 1 aromatic rings. The minimum atomic E-state index is -0.967. The van der Waals surface area contributed by atoms with Crippen LogP contribution in [-0.4, -0.2) is 54.9 Å². The Morgan fingerprint density at radius 3 is 2.85 bits per heavy atom. The summed E-state index contributed by atoms with van der Waals surface area (Å²) in [5.41, 5.74) is 0. The first-order chi connectivity index (χ1) is 9.51. The monoisotopic (exact) mass is 318 g/mol. The molecule has 2 rings (SSSR count). The van der Waals surface area contributed by atoms with E-state index in [1.165, 1.54) is 16.2 Å². The van der Waals surface area contributed by atoms with Crippen LogP contribution in [0.3, 0.4) is 0 Å². The van der Waals surface area contributed by atoms with Crippen LogP contribution in [0.15, 0.2) is 12.1 Å². The normalized spacial score (nSPS) is 22.0. The number of nitrogens with one attached hydrogen (secondary N) is 1. The highest BCUT2D eigenvalue weighted by atomic mass is 35.5. The van der Waals surface area contributed by atoms with Crippen molar-refractivity contribution < 1.29 is 19.4 Å². The molecule has 0 radical (unpaired) electrons. The maximum Gasteiger partial charge on any atom is 0.407 e. The van der Waals surface area contributed by atoms with E-state index in [4.69, 9.17) is 21.4 Å². The molecule has 6 nitrogen and oxygen atoms in total. The lowest BCUT2D eigenvalue weighted by Gasteiger charge is -2.16. The molecule has 2 N–H and O–H groups in total. The highest BCUT2D eigenvalue weighted by molar-refractivity contribution is 7.17. The molecule has 110 valence electrons. The summed E-state index contributed by atoms with van der Waals surface area (Å²) in [6.45, 7) is 1.06. The molecule has 2 atom stereocenters. The van der Waals surface area contributed by atoms with Gasteiger partial charge in [0, 0.05) is 26.1 Å². The van der Waals surface area contributed by atoms with Crippen LogP contribution in [0, 0.1) is 5.92 Å². The number of amides is 2. The van der Waals surface area contributed by atoms with Crippen LogP contribution in [0.25, 0.3) is 0 Å². The third-order valence-corrected chi connectivity index (χ3v) is 4.51. The van der Waals surface area contributed by atoms with Crippen LogP contribution < -0.4 is 5.32 Å². The second-order valence-electron chi connectivity index (χ2n) is 4.54. The summed E-state index contributed by atoms with van der Waals surface area (Å²) in [5, 5.41) is 11.8. The van der Waals surface area contributed by atoms with Gasteiger partial charge in [0.15, 0.2) is 0 Å². The average Bonchev–Trinajstić information content (AvgIpc) is 3.01. The first-order valence-corrected chi connectivity index (χ1v) is 7.25. The molecule has 1 aliphatic rings. The molecule has 0 spiro atoms. The van der Waals surface area contributed by atoms with Gasteiger partial charge in [0.05, 0.1) is 21.9 Å². The molecule has 0 bridgehead atoms. The summed E-state index contributed by atoms with van der Waals surface area (Å²) >= 11 is 6.99. The number of methoxy groups -OCH3 is 1. The Kier molecular flexibility index (Phi) is 4.85. The molecule has 2 amide bonds. The molecular formula is C12H15ClN2O4S. The van der Waals surface area contributed by atoms with Crippen molar-refractivity contribution in [2.45, 2.75) is 6.10 Å². The van der Waals surface area contributed by atoms with Crippen molar-refractivity contribution in [2.75, 3.05) is 26.7 Å². The van der Waals surface area contributed by atoms with Gasteiger partial charge < -0.3 is 20.1 Å². The van der Waals surface area contributed by atoms with E-state index in [0.29, 0.717) is 28.8 Å². The van der Waals surface area contributed by atoms with Gasteiger partial charge in [0.25, 0.3) is 5.91 Å². The smallest absolute Gasteiger partial charge is 0.407 e. The molecule has 1 aromatic heterocycles. The third kappa shape index (κ3) is 3.41. The fraction of sp³-hybridized carbons (Fsp3) is 0.500. The average molecular weight is 319 g/mol. The van der Waals surface area contributed by atoms with Gasteiger partial charge in [-0.2, -0.15) is 0 Å². The zero-order valence-corrected chi connectivity index (χ0v) is 12.4. The summed E-state index contributed by atoms with van der Waals surface area (Å²) in [5.74, 6) is -0.249. The van der Waals surface area contributed by atoms with E-state index in [0.717, 1.165) is 0 Å². The molecule has 0 saturated carbocycles. The van der Waals surface area contributed by atoms with Crippen LogP contribution in [0.5, 0.6) is 0 Å². The minimum Gasteiger partial charge on any atom is -0.465 e. The van der Waals surface area contributed by atoms with E-state index in [-0.39, 0.29) is 17.9 Å². The molecule has 8 heteroatoms. The largest absolute Gasteiger partial charge is 0.465 e. The Balaban J connectivity index is 1.89. The second kappa shape index (κ2) is 6.43. The molecule has 0 aliphatic carbocycles. The van der Waals surface area contributed by atoms with Crippen molar-refractivity contribution in [1.82, 2.24) is 10.2 Å². The molecule has 1 fully saturated rings. The van der Waals surface area contributed by atoms with Crippen LogP contribution in [-0.2, 0) is 4.74 Å². The van der Waals surface area contributed by atoms with Crippen molar-refractivity contribution in [3.05, 3.63) is 21.3 Å². The Labute approximate surface area is 125 Å². The van der Waals surface area contributed by atoms with E-state index in [2.05, 4.69) is 5.32 Å². The van der Waals surface area contributed by atoms with Crippen LogP contribution >= 0.6 is 22.9 Å². The van der Waals surface area contributed by atoms with Gasteiger partial charge in [-0.15, -0.1) is 11.3 Å². The van der Waals surface area contributed by atoms with E-state index >= 15 is 0 Å². The van der Waals surface area contributed by atoms with Gasteiger partial charge in [0.2, 0.25) is 0 Å². The summed E-state index contributed by atoms with van der Waals surface area (Å²) in [7, 11) is 1.55. The number of halogens is 1. The lowest BCUT2D eigenvalue weighted by molar-refractivity contribution is 0.0743. The summed E-state index contributed by atoms with van der Waals surface area (Å²) in [4.78, 5) is 24.7. The maximum atomic E-state index is 11.9. The van der Waals surface area contributed by atoms with Crippen molar-refractivity contribution in [1.29, 1.82) is 0 Å². The lowest BCUT2D eigenvalue weighted by Crippen LogP contribution is -2.34. The second-order valence-corrected chi connectivity index (χ2v) is 6.25. The summed E-state index contributed by atoms with van der Waals surface area (Å²) in [6.07, 6.45) is -1.16. The Bertz CT molecular complexity index is 507. The molecule has 0 aromatic carbocycles. The lowest BCUT2D eigenvalue weighted by atomic mass is 10.1. The van der Waals surface area contributed by atoms with Gasteiger partial charge in [-0.1, -0.05) is 11.6 Å². The van der Waals surface area contributed by atoms with Crippen molar-refractivity contribution in [3.8, 4) is 0 Å². The quantitative estimate of drug-likeness (QED) is 0.886. The SMILES string of the molecule is CO[C@@H]1CN(C(=O)O)C[C@@H]1CNC(=O)c1ccc(Cl)s1. The van der Waals surface area contributed by atoms with Crippen molar-refractivity contribution in [3.63, 3.8) is 0 Å². The van der Waals surface area contributed by atoms with Gasteiger partial charge in [-0.3, -0.25) is 4.79 Å². The number of rotatable bonds is 4. The molecule has 0 unspecified atom stereocenters. The van der Waals surface area contributed by atoms with Gasteiger partial charge in [0.1, 0.15) is 0 Å². The first-order valence-electron chi connectivity index (χ1n) is 6.05. The maximum absolute atomic E-state index is 11.9. The van der Waals surface area contributed by atoms with E-state index in [1.807, 2.05) is 0 Å². The highest BCUT2D eigenvalue weighted by Crippen LogP contribution is 2.22. The fourth-order valence-electron chi connectivity index (χ4n) is 2.21. The van der Waals surface area contributed by atoms with Gasteiger partial charge >= 0.3 is 6.09 Å². The van der Waals surface area contributed by atoms with Crippen LogP contribution in [0.1, 0.15) is 9.67 Å². The summed E-state index contributed by atoms with van der Waals surface area (Å²) in [6, 6.07) is 3.33. The number of carbonyl (C=O) groups is 2. The van der Waals surface area contributed by atoms with Gasteiger partial charge in [-0.25, -0.2) is 4.79 Å². The predicted octanol–water partition coefficient (Wildman–Crippen LogP) is 1.76. The zero-order chi connectivity index (χ0) is 14.7. The number of thiophene rings is 1. The molecule has 2 heterocycles. The molecule has 1 aliphatic heterocycles. The Morgan fingerprint density at radius 1 is 1.55 bits per heavy atom. The molecule has 20 heavy (non-hydrogen) atoms. The predicted molar refractivity (Wildman–Crippen MR) is 75.5 cm³/mol. The fourth-order valence-corrected chi connectivity index (χ4v) is 3.17. The van der Waals surface area contributed by atoms with Crippen LogP contribution in [0.2, 0.25) is 4.34 Å². The van der Waals surface area contributed by atoms with E-state index < -0.39 is 6.09 Å². The Hall–Kier alpha value is -1.31. The zero-order valence-electron chi connectivity index (χ0n) is 10.8. The van der Waals surface area contributed by atoms with Crippen LogP contribution in [0.4, 0.5) is 4.79 Å². The first kappa shape index (κ1) is 15.1. The summed E-state index contributed by atoms with van der Waals surface area (Å²) < 4.78 is 5.83. The molecule has 1 saturated heterocycles. The number of ether oxygens (including phenoxy) is 1. The number of carbonyl (C=O) groups excluding carboxylic acids is 1. The standard InChI is InChI=1S/C12H15ClN2O4S/c1-19-8-6-15(12(17)18)5-7(8)4-14-11(16)9-2-3-10(13)20-9/h2-3,7-8H,4-6H2,1H3,(H,14,16)(H,17,18)/t7-,8+/m0/s1. The van der Waals surface area contributed by atoms with E-state index in [9.17, 15) is 9.59 Å². The van der Waals surface area contributed by atoms with E-state index in [1.54, 1.807) is 19.2 Å². The number of hydrogen-bond acceptors (Lipinski definition) is 4. The number of hydrogen-bond donors (Lipinski definition) is 2. The number of nitrogens with zero attached hydrogens (tertiary/aromatic N) is 1. The molecular weight excluding hydrogens is 304 g/mol. The third-order valence-electron chi connectivity index (χ3n) is 3.28. The highest BCUT2D eigenvalue weighted by Gasteiger charge is 2.35. The number of carboxylic acid groups (broad SMARTS) is 1. The van der Waals surface area contributed by atoms with Crippen molar-refractivity contribution >= 4 is 34.9 Å². The van der Waals surface area contributed by atoms with Crippen molar-refractivity contribution in [2.24, 2.45) is 5.92 Å². The van der Waals surface area contributed by atoms with Gasteiger partial charge in [-0.05, 0) is 12.1 Å².